The summed E-state index contributed by atoms with van der Waals surface area (Å²) in [7, 11) is 0. The number of hydrogen-bond donors (Lipinski definition) is 0. The number of hydrogen-bond acceptors (Lipinski definition) is 6. The molecule has 0 saturated carbocycles. The second-order valence-electron chi connectivity index (χ2n) is 36.8. The normalized spacial score (nSPS) is 36.9. The van der Waals surface area contributed by atoms with Crippen molar-refractivity contribution >= 4 is 11.4 Å². The highest BCUT2D eigenvalue weighted by Gasteiger charge is 2.61. The lowest BCUT2D eigenvalue weighted by molar-refractivity contribution is 0.112. The van der Waals surface area contributed by atoms with Gasteiger partial charge in [-0.1, -0.05) is 210 Å². The van der Waals surface area contributed by atoms with Crippen LogP contribution in [0.4, 0.5) is 11.4 Å². The molecule has 0 N–H and O–H groups in total. The van der Waals surface area contributed by atoms with Crippen LogP contribution in [-0.2, 0) is 5.41 Å². The van der Waals surface area contributed by atoms with E-state index < -0.39 is 0 Å². The molecule has 8 aromatic rings. The summed E-state index contributed by atoms with van der Waals surface area (Å²) in [5.74, 6) is 7.42. The molecule has 24 unspecified atom stereocenters. The van der Waals surface area contributed by atoms with Gasteiger partial charge < -0.3 is 9.80 Å². The third kappa shape index (κ3) is 12.4. The fourth-order valence-corrected chi connectivity index (χ4v) is 25.5. The molecule has 20 rings (SSSR count). The van der Waals surface area contributed by atoms with E-state index in [1.54, 1.807) is 27.8 Å². The zero-order chi connectivity index (χ0) is 73.9. The first-order valence-corrected chi connectivity index (χ1v) is 41.3. The van der Waals surface area contributed by atoms with Gasteiger partial charge in [-0.15, -0.1) is 0 Å². The molecule has 0 aromatic heterocycles. The average molecular weight is 1400 g/mol. The first-order valence-electron chi connectivity index (χ1n) is 41.3. The van der Waals surface area contributed by atoms with E-state index in [2.05, 4.69) is 355 Å². The van der Waals surface area contributed by atoms with Crippen LogP contribution in [0.2, 0.25) is 0 Å². The van der Waals surface area contributed by atoms with E-state index in [0.29, 0.717) is 64.2 Å². The van der Waals surface area contributed by atoms with Crippen LogP contribution in [0.15, 0.2) is 194 Å². The lowest BCUT2D eigenvalue weighted by atomic mass is 9.63. The van der Waals surface area contributed by atoms with E-state index in [0.717, 1.165) is 60.2 Å². The molecule has 10 saturated heterocycles. The zero-order valence-electron chi connectivity index (χ0n) is 67.8. The van der Waals surface area contributed by atoms with Crippen molar-refractivity contribution in [2.45, 2.75) is 245 Å². The first-order chi connectivity index (χ1) is 50.3. The third-order valence-electron chi connectivity index (χ3n) is 31.2. The molecule has 12 aliphatic heterocycles. The zero-order valence-corrected chi connectivity index (χ0v) is 67.8. The molecular formula is C99H128N6. The van der Waals surface area contributed by atoms with Crippen LogP contribution in [-0.4, -0.2) is 120 Å². The fourth-order valence-electron chi connectivity index (χ4n) is 25.5. The van der Waals surface area contributed by atoms with Gasteiger partial charge in [0.1, 0.15) is 0 Å². The smallest absolute Gasteiger partial charge is 0.0408 e. The second kappa shape index (κ2) is 28.6. The molecule has 12 aliphatic rings. The van der Waals surface area contributed by atoms with Gasteiger partial charge in [0.2, 0.25) is 0 Å². The predicted molar refractivity (Wildman–Crippen MR) is 444 cm³/mol. The summed E-state index contributed by atoms with van der Waals surface area (Å²) in [6.45, 7) is 55.3. The van der Waals surface area contributed by atoms with Gasteiger partial charge in [0.25, 0.3) is 0 Å². The standard InChI is InChI=1S/C19H21N.C18H19N.C17H25N.C16H23N.C15H21N.C14H19N/c1-13-8-4-5-9-15(13)18-14(2)20-12-19(18,3)16-10-6-7-11-17(16)20;1-12-7-3-4-8-14(12)18-13(2)19-11-16(18)15-9-5-6-10-17(15)19;1-11-8-6-7-9-15(11)16-14(4)18-10-17(16,5)12(2)13(18)3;1-11-7-5-6-8-13(11)15-12(2)17-10-9-14(15)16(17,3)4;1-11-6-4-5-7-13(11)14-12(2)16-9-8-15(14,3)10-16;1-10-5-3-4-6-13(10)14-11(2)15-8-7-12(14)9-15/h4-11,14,18H,12H2,1-3H3;3-10,13,16,18H,11H2,1-2H3;6-9,12-14,16H,10H2,1-5H3;5-8,12,14-15H,9-10H2,1-4H3;4-7,12,14H,8-10H2,1-3H3;3-6,11-12,14H,7-9H2,1-2H3. The average Bonchev–Trinajstić information content (AvgIpc) is 1.56. The van der Waals surface area contributed by atoms with Crippen LogP contribution in [0.25, 0.3) is 0 Å². The first kappa shape index (κ1) is 73.7. The lowest BCUT2D eigenvalue weighted by Crippen LogP contribution is -2.45. The van der Waals surface area contributed by atoms with Crippen molar-refractivity contribution in [1.29, 1.82) is 0 Å². The Labute approximate surface area is 635 Å². The molecule has 0 amide bonds. The molecule has 6 nitrogen and oxygen atoms in total. The van der Waals surface area contributed by atoms with Gasteiger partial charge in [0.05, 0.1) is 0 Å². The number of para-hydroxylation sites is 2. The Bertz CT molecular complexity index is 4410. The molecule has 8 aromatic carbocycles. The van der Waals surface area contributed by atoms with Crippen molar-refractivity contribution in [3.8, 4) is 0 Å². The van der Waals surface area contributed by atoms with Crippen molar-refractivity contribution in [2.24, 2.45) is 28.6 Å². The Morgan fingerprint density at radius 1 is 0.343 bits per heavy atom. The van der Waals surface area contributed by atoms with Gasteiger partial charge in [0.15, 0.2) is 0 Å². The maximum absolute atomic E-state index is 2.72. The maximum atomic E-state index is 2.72. The van der Waals surface area contributed by atoms with Gasteiger partial charge in [-0.05, 0) is 261 Å². The third-order valence-corrected chi connectivity index (χ3v) is 31.2. The summed E-state index contributed by atoms with van der Waals surface area (Å²) in [5.41, 5.74) is 25.8. The minimum absolute atomic E-state index is 0.252. The summed E-state index contributed by atoms with van der Waals surface area (Å²) in [6, 6.07) is 76.3. The Morgan fingerprint density at radius 3 is 1.31 bits per heavy atom. The molecule has 10 fully saturated rings. The van der Waals surface area contributed by atoms with Crippen molar-refractivity contribution in [3.63, 3.8) is 0 Å². The number of fused-ring (bicyclic) bond motifs is 18. The molecule has 0 aliphatic carbocycles. The molecule has 105 heavy (non-hydrogen) atoms. The van der Waals surface area contributed by atoms with Gasteiger partial charge in [-0.2, -0.15) is 0 Å². The second-order valence-corrected chi connectivity index (χ2v) is 36.8. The summed E-state index contributed by atoms with van der Waals surface area (Å²) in [4.78, 5) is 16.0. The summed E-state index contributed by atoms with van der Waals surface area (Å²) >= 11 is 0. The Balaban J connectivity index is 0.000000101. The van der Waals surface area contributed by atoms with E-state index in [1.165, 1.54) is 127 Å². The topological polar surface area (TPSA) is 19.4 Å². The van der Waals surface area contributed by atoms with Crippen LogP contribution in [0.1, 0.15) is 229 Å². The molecule has 554 valence electrons. The van der Waals surface area contributed by atoms with Crippen LogP contribution in [0.5, 0.6) is 0 Å². The summed E-state index contributed by atoms with van der Waals surface area (Å²) in [6.07, 6.45) is 4.15. The van der Waals surface area contributed by atoms with Gasteiger partial charge in [-0.25, -0.2) is 0 Å². The maximum Gasteiger partial charge on any atom is 0.0408 e. The lowest BCUT2D eigenvalue weighted by Gasteiger charge is -2.44. The van der Waals surface area contributed by atoms with Gasteiger partial charge >= 0.3 is 0 Å². The summed E-state index contributed by atoms with van der Waals surface area (Å²) < 4.78 is 0. The van der Waals surface area contributed by atoms with Crippen LogP contribution >= 0.6 is 0 Å². The molecule has 0 spiro atoms. The molecule has 12 bridgehead atoms. The number of nitrogens with zero attached hydrogens (tertiary/aromatic N) is 6. The number of piperidine rings is 4. The molecule has 12 heterocycles. The van der Waals surface area contributed by atoms with Crippen LogP contribution < -0.4 is 9.80 Å². The molecule has 6 heteroatoms. The number of aryl methyl sites for hydroxylation is 6. The minimum Gasteiger partial charge on any atom is -0.367 e. The monoisotopic (exact) mass is 1400 g/mol. The number of anilines is 2. The quantitative estimate of drug-likeness (QED) is 0.164. The highest BCUT2D eigenvalue weighted by molar-refractivity contribution is 5.69. The van der Waals surface area contributed by atoms with Crippen LogP contribution in [0, 0.1) is 70.1 Å². The highest BCUT2D eigenvalue weighted by Crippen LogP contribution is 2.62. The van der Waals surface area contributed by atoms with E-state index in [1.807, 2.05) is 0 Å². The summed E-state index contributed by atoms with van der Waals surface area (Å²) in [5, 5.41) is 0. The number of benzene rings is 8. The van der Waals surface area contributed by atoms with Gasteiger partial charge in [-0.3, -0.25) is 19.6 Å². The number of rotatable bonds is 6. The van der Waals surface area contributed by atoms with E-state index in [4.69, 9.17) is 0 Å². The van der Waals surface area contributed by atoms with Crippen molar-refractivity contribution < 1.29 is 0 Å². The van der Waals surface area contributed by atoms with Crippen molar-refractivity contribution in [1.82, 2.24) is 19.6 Å². The molecular weight excluding hydrogens is 1270 g/mol. The SMILES string of the molecule is Cc1ccccc1C1C(C)N2CC1(C)C(C)C2C.Cc1ccccc1C1C(C)N2CC1(C)c1ccccc12.Cc1ccccc1C1C(C)N2CCC1(C)C2.Cc1ccccc1C1C(C)N2CCC1C2(C)C.Cc1ccccc1C1C2CCN(C2)C1C.Cc1ccccc1C1C2CN(c3ccccc32)C1C. The van der Waals surface area contributed by atoms with Gasteiger partial charge in [0, 0.05) is 139 Å². The Morgan fingerprint density at radius 2 is 0.819 bits per heavy atom. The minimum atomic E-state index is 0.252. The Hall–Kier alpha value is -6.80. The largest absolute Gasteiger partial charge is 0.367 e. The van der Waals surface area contributed by atoms with Crippen LogP contribution in [0.3, 0.4) is 0 Å². The highest BCUT2D eigenvalue weighted by atomic mass is 15.3. The van der Waals surface area contributed by atoms with Crippen molar-refractivity contribution in [2.75, 3.05) is 62.2 Å². The van der Waals surface area contributed by atoms with E-state index in [9.17, 15) is 0 Å². The van der Waals surface area contributed by atoms with Crippen molar-refractivity contribution in [3.05, 3.63) is 272 Å². The predicted octanol–water partition coefficient (Wildman–Crippen LogP) is 21.7. The van der Waals surface area contributed by atoms with E-state index >= 15 is 0 Å². The molecule has 24 atom stereocenters. The molecule has 0 radical (unpaired) electrons. The Kier molecular flexibility index (Phi) is 20.1. The van der Waals surface area contributed by atoms with E-state index in [-0.39, 0.29) is 5.41 Å². The fraction of sp³-hybridized carbons (Fsp3) is 0.515.